The van der Waals surface area contributed by atoms with Crippen molar-refractivity contribution in [2.75, 3.05) is 18.9 Å². The van der Waals surface area contributed by atoms with Crippen molar-refractivity contribution in [2.24, 2.45) is 0 Å². The van der Waals surface area contributed by atoms with Gasteiger partial charge in [0, 0.05) is 12.7 Å². The Morgan fingerprint density at radius 3 is 2.64 bits per heavy atom. The third kappa shape index (κ3) is 2.76. The second-order valence-corrected chi connectivity index (χ2v) is 3.35. The Bertz CT molecular complexity index is 334. The summed E-state index contributed by atoms with van der Waals surface area (Å²) in [6, 6.07) is 6.11. The molecule has 76 valence electrons. The van der Waals surface area contributed by atoms with Crippen LogP contribution < -0.4 is 10.6 Å². The van der Waals surface area contributed by atoms with Crippen molar-refractivity contribution in [1.82, 2.24) is 5.32 Å². The van der Waals surface area contributed by atoms with E-state index in [1.54, 1.807) is 7.05 Å². The molecule has 0 aliphatic rings. The second kappa shape index (κ2) is 4.65. The van der Waals surface area contributed by atoms with Gasteiger partial charge in [-0.1, -0.05) is 17.7 Å². The van der Waals surface area contributed by atoms with Gasteiger partial charge in [0.05, 0.1) is 6.54 Å². The zero-order valence-electron chi connectivity index (χ0n) is 8.85. The van der Waals surface area contributed by atoms with E-state index in [9.17, 15) is 4.79 Å². The summed E-state index contributed by atoms with van der Waals surface area (Å²) >= 11 is 0. The first kappa shape index (κ1) is 10.6. The van der Waals surface area contributed by atoms with Gasteiger partial charge in [-0.15, -0.1) is 0 Å². The Hall–Kier alpha value is -1.51. The van der Waals surface area contributed by atoms with Gasteiger partial charge < -0.3 is 10.6 Å². The standard InChI is InChI=1S/C11H16N2O/c1-8-4-5-10(9(2)6-8)13-7-11(14)12-3/h4-6,13H,7H2,1-3H3,(H,12,14). The number of hydrogen-bond acceptors (Lipinski definition) is 2. The lowest BCUT2D eigenvalue weighted by atomic mass is 10.1. The maximum Gasteiger partial charge on any atom is 0.239 e. The van der Waals surface area contributed by atoms with Crippen molar-refractivity contribution in [3.05, 3.63) is 29.3 Å². The lowest BCUT2D eigenvalue weighted by Gasteiger charge is -2.09. The number of rotatable bonds is 3. The summed E-state index contributed by atoms with van der Waals surface area (Å²) in [5.74, 6) is -0.00928. The minimum absolute atomic E-state index is 0.00928. The SMILES string of the molecule is CNC(=O)CNc1ccc(C)cc1C. The van der Waals surface area contributed by atoms with Crippen LogP contribution in [0, 0.1) is 13.8 Å². The first-order valence-electron chi connectivity index (χ1n) is 4.65. The maximum absolute atomic E-state index is 11.0. The van der Waals surface area contributed by atoms with Crippen LogP contribution in [0.1, 0.15) is 11.1 Å². The molecular weight excluding hydrogens is 176 g/mol. The second-order valence-electron chi connectivity index (χ2n) is 3.35. The topological polar surface area (TPSA) is 41.1 Å². The monoisotopic (exact) mass is 192 g/mol. The van der Waals surface area contributed by atoms with Crippen molar-refractivity contribution >= 4 is 11.6 Å². The predicted molar refractivity (Wildman–Crippen MR) is 58.5 cm³/mol. The van der Waals surface area contributed by atoms with Crippen molar-refractivity contribution in [1.29, 1.82) is 0 Å². The smallest absolute Gasteiger partial charge is 0.239 e. The largest absolute Gasteiger partial charge is 0.376 e. The number of carbonyl (C=O) groups is 1. The maximum atomic E-state index is 11.0. The lowest BCUT2D eigenvalue weighted by Crippen LogP contribution is -2.26. The van der Waals surface area contributed by atoms with E-state index in [2.05, 4.69) is 23.6 Å². The summed E-state index contributed by atoms with van der Waals surface area (Å²) in [4.78, 5) is 11.0. The van der Waals surface area contributed by atoms with Gasteiger partial charge in [0.15, 0.2) is 0 Å². The van der Waals surface area contributed by atoms with Crippen LogP contribution in [0.5, 0.6) is 0 Å². The third-order valence-electron chi connectivity index (χ3n) is 2.10. The van der Waals surface area contributed by atoms with Crippen molar-refractivity contribution in [3.8, 4) is 0 Å². The molecule has 0 aromatic heterocycles. The predicted octanol–water partition coefficient (Wildman–Crippen LogP) is 1.46. The number of carbonyl (C=O) groups excluding carboxylic acids is 1. The number of hydrogen-bond donors (Lipinski definition) is 2. The van der Waals surface area contributed by atoms with Crippen LogP contribution >= 0.6 is 0 Å². The Labute approximate surface area is 84.5 Å². The van der Waals surface area contributed by atoms with Crippen LogP contribution in [0.15, 0.2) is 18.2 Å². The van der Waals surface area contributed by atoms with E-state index in [1.165, 1.54) is 5.56 Å². The van der Waals surface area contributed by atoms with Crippen LogP contribution in [-0.2, 0) is 4.79 Å². The molecule has 0 spiro atoms. The number of likely N-dealkylation sites (N-methyl/N-ethyl adjacent to an activating group) is 1. The molecule has 0 saturated heterocycles. The fourth-order valence-corrected chi connectivity index (χ4v) is 1.28. The first-order chi connectivity index (χ1) is 6.63. The Kier molecular flexibility index (Phi) is 3.51. The molecule has 0 aliphatic carbocycles. The molecule has 0 unspecified atom stereocenters. The Morgan fingerprint density at radius 2 is 2.07 bits per heavy atom. The van der Waals surface area contributed by atoms with Gasteiger partial charge in [-0.3, -0.25) is 4.79 Å². The van der Waals surface area contributed by atoms with Gasteiger partial charge >= 0.3 is 0 Å². The Balaban J connectivity index is 2.63. The summed E-state index contributed by atoms with van der Waals surface area (Å²) in [7, 11) is 1.63. The highest BCUT2D eigenvalue weighted by Gasteiger charge is 2.00. The van der Waals surface area contributed by atoms with E-state index >= 15 is 0 Å². The molecule has 0 bridgehead atoms. The lowest BCUT2D eigenvalue weighted by molar-refractivity contribution is -0.118. The van der Waals surface area contributed by atoms with Gasteiger partial charge in [-0.05, 0) is 25.5 Å². The van der Waals surface area contributed by atoms with Crippen LogP contribution in [0.3, 0.4) is 0 Å². The molecule has 0 saturated carbocycles. The summed E-state index contributed by atoms with van der Waals surface area (Å²) in [6.45, 7) is 4.40. The highest BCUT2D eigenvalue weighted by atomic mass is 16.1. The van der Waals surface area contributed by atoms with Crippen molar-refractivity contribution < 1.29 is 4.79 Å². The Morgan fingerprint density at radius 1 is 1.36 bits per heavy atom. The minimum atomic E-state index is -0.00928. The molecule has 0 aliphatic heterocycles. The summed E-state index contributed by atoms with van der Waals surface area (Å²) in [6.07, 6.45) is 0. The zero-order chi connectivity index (χ0) is 10.6. The summed E-state index contributed by atoms with van der Waals surface area (Å²) in [5, 5.41) is 5.64. The zero-order valence-corrected chi connectivity index (χ0v) is 8.85. The van der Waals surface area contributed by atoms with Crippen molar-refractivity contribution in [2.45, 2.75) is 13.8 Å². The molecule has 0 radical (unpaired) electrons. The van der Waals surface area contributed by atoms with Gasteiger partial charge in [0.1, 0.15) is 0 Å². The minimum Gasteiger partial charge on any atom is -0.376 e. The van der Waals surface area contributed by atoms with Gasteiger partial charge in [-0.25, -0.2) is 0 Å². The van der Waals surface area contributed by atoms with Gasteiger partial charge in [0.2, 0.25) is 5.91 Å². The van der Waals surface area contributed by atoms with E-state index in [1.807, 2.05) is 19.1 Å². The molecule has 1 aromatic carbocycles. The van der Waals surface area contributed by atoms with E-state index < -0.39 is 0 Å². The van der Waals surface area contributed by atoms with Crippen LogP contribution in [0.2, 0.25) is 0 Å². The quantitative estimate of drug-likeness (QED) is 0.761. The van der Waals surface area contributed by atoms with Crippen LogP contribution in [0.25, 0.3) is 0 Å². The number of aryl methyl sites for hydroxylation is 2. The highest BCUT2D eigenvalue weighted by molar-refractivity contribution is 5.80. The van der Waals surface area contributed by atoms with E-state index in [4.69, 9.17) is 0 Å². The van der Waals surface area contributed by atoms with Crippen LogP contribution in [-0.4, -0.2) is 19.5 Å². The average Bonchev–Trinajstić information content (AvgIpc) is 2.16. The van der Waals surface area contributed by atoms with E-state index in [-0.39, 0.29) is 5.91 Å². The average molecular weight is 192 g/mol. The van der Waals surface area contributed by atoms with Crippen molar-refractivity contribution in [3.63, 3.8) is 0 Å². The molecule has 3 nitrogen and oxygen atoms in total. The molecule has 0 fully saturated rings. The molecule has 2 N–H and O–H groups in total. The van der Waals surface area contributed by atoms with E-state index in [0.717, 1.165) is 11.3 Å². The molecule has 1 rings (SSSR count). The number of amides is 1. The molecule has 14 heavy (non-hydrogen) atoms. The normalized spacial score (nSPS) is 9.64. The number of anilines is 1. The van der Waals surface area contributed by atoms with Crippen LogP contribution in [0.4, 0.5) is 5.69 Å². The molecule has 0 heterocycles. The third-order valence-corrected chi connectivity index (χ3v) is 2.10. The fourth-order valence-electron chi connectivity index (χ4n) is 1.28. The number of nitrogens with one attached hydrogen (secondary N) is 2. The van der Waals surface area contributed by atoms with E-state index in [0.29, 0.717) is 6.54 Å². The first-order valence-corrected chi connectivity index (χ1v) is 4.65. The highest BCUT2D eigenvalue weighted by Crippen LogP contribution is 2.15. The van der Waals surface area contributed by atoms with Gasteiger partial charge in [-0.2, -0.15) is 0 Å². The fraction of sp³-hybridized carbons (Fsp3) is 0.364. The summed E-state index contributed by atoms with van der Waals surface area (Å²) < 4.78 is 0. The molecule has 1 aromatic rings. The molecule has 0 atom stereocenters. The number of benzene rings is 1. The molecule has 1 amide bonds. The molecule has 3 heteroatoms. The molecular formula is C11H16N2O. The van der Waals surface area contributed by atoms with Gasteiger partial charge in [0.25, 0.3) is 0 Å². The summed E-state index contributed by atoms with van der Waals surface area (Å²) in [5.41, 5.74) is 3.40.